The molecule has 0 aliphatic heterocycles. The lowest BCUT2D eigenvalue weighted by Gasteiger charge is -2.13. The fourth-order valence-corrected chi connectivity index (χ4v) is 1.32. The van der Waals surface area contributed by atoms with Crippen LogP contribution in [0.2, 0.25) is 0 Å². The van der Waals surface area contributed by atoms with Crippen LogP contribution in [0.5, 0.6) is 5.75 Å². The molecule has 2 heteroatoms. The minimum absolute atomic E-state index is 0.135. The number of aliphatic hydroxyl groups is 1. The third-order valence-corrected chi connectivity index (χ3v) is 2.19. The molecule has 0 amide bonds. The van der Waals surface area contributed by atoms with Gasteiger partial charge in [-0.1, -0.05) is 19.1 Å². The number of aliphatic hydroxyl groups excluding tert-OH is 1. The first-order chi connectivity index (χ1) is 6.19. The van der Waals surface area contributed by atoms with Crippen molar-refractivity contribution < 1.29 is 9.84 Å². The van der Waals surface area contributed by atoms with Gasteiger partial charge in [-0.2, -0.15) is 0 Å². The molecule has 1 atom stereocenters. The summed E-state index contributed by atoms with van der Waals surface area (Å²) in [6.45, 7) is 4.16. The Balaban J connectivity index is 3.05. The Morgan fingerprint density at radius 2 is 2.15 bits per heavy atom. The fourth-order valence-electron chi connectivity index (χ4n) is 1.32. The summed E-state index contributed by atoms with van der Waals surface area (Å²) >= 11 is 0. The van der Waals surface area contributed by atoms with Crippen molar-refractivity contribution >= 4 is 0 Å². The van der Waals surface area contributed by atoms with E-state index < -0.39 is 0 Å². The second kappa shape index (κ2) is 4.28. The largest absolute Gasteiger partial charge is 0.496 e. The third kappa shape index (κ3) is 2.22. The molecule has 0 bridgehead atoms. The van der Waals surface area contributed by atoms with Gasteiger partial charge in [-0.15, -0.1) is 0 Å². The van der Waals surface area contributed by atoms with Gasteiger partial charge in [0.05, 0.1) is 7.11 Å². The highest BCUT2D eigenvalue weighted by molar-refractivity contribution is 5.39. The zero-order chi connectivity index (χ0) is 9.84. The molecule has 0 aromatic heterocycles. The average molecular weight is 180 g/mol. The zero-order valence-electron chi connectivity index (χ0n) is 8.37. The van der Waals surface area contributed by atoms with E-state index in [2.05, 4.69) is 0 Å². The molecule has 1 rings (SSSR count). The molecule has 0 saturated carbocycles. The number of aryl methyl sites for hydroxylation is 1. The van der Waals surface area contributed by atoms with E-state index in [1.807, 2.05) is 32.0 Å². The summed E-state index contributed by atoms with van der Waals surface area (Å²) < 4.78 is 5.24. The minimum atomic E-state index is 0.135. The number of hydrogen-bond donors (Lipinski definition) is 1. The molecule has 0 aliphatic rings. The van der Waals surface area contributed by atoms with E-state index in [9.17, 15) is 0 Å². The quantitative estimate of drug-likeness (QED) is 0.771. The first-order valence-corrected chi connectivity index (χ1v) is 4.44. The lowest BCUT2D eigenvalue weighted by molar-refractivity contribution is 0.269. The lowest BCUT2D eigenvalue weighted by Crippen LogP contribution is -2.01. The van der Waals surface area contributed by atoms with E-state index in [0.29, 0.717) is 0 Å². The predicted molar refractivity (Wildman–Crippen MR) is 53.2 cm³/mol. The molecule has 0 spiro atoms. The molecule has 0 fully saturated rings. The van der Waals surface area contributed by atoms with Crippen molar-refractivity contribution in [3.8, 4) is 5.75 Å². The van der Waals surface area contributed by atoms with Gasteiger partial charge in [0.15, 0.2) is 0 Å². The predicted octanol–water partition coefficient (Wildman–Crippen LogP) is 2.10. The van der Waals surface area contributed by atoms with Crippen LogP contribution in [0.25, 0.3) is 0 Å². The number of methoxy groups -OCH3 is 1. The molecule has 13 heavy (non-hydrogen) atoms. The Labute approximate surface area is 79.2 Å². The summed E-state index contributed by atoms with van der Waals surface area (Å²) in [5.41, 5.74) is 2.24. The number of benzene rings is 1. The normalized spacial score (nSPS) is 12.6. The van der Waals surface area contributed by atoms with Crippen molar-refractivity contribution in [3.05, 3.63) is 29.3 Å². The van der Waals surface area contributed by atoms with Gasteiger partial charge in [-0.05, 0) is 24.1 Å². The van der Waals surface area contributed by atoms with Crippen molar-refractivity contribution in [2.75, 3.05) is 13.7 Å². The van der Waals surface area contributed by atoms with E-state index in [-0.39, 0.29) is 12.5 Å². The highest BCUT2D eigenvalue weighted by atomic mass is 16.5. The van der Waals surface area contributed by atoms with Crippen molar-refractivity contribution in [3.63, 3.8) is 0 Å². The molecule has 72 valence electrons. The van der Waals surface area contributed by atoms with E-state index in [4.69, 9.17) is 9.84 Å². The highest BCUT2D eigenvalue weighted by Crippen LogP contribution is 2.26. The topological polar surface area (TPSA) is 29.5 Å². The highest BCUT2D eigenvalue weighted by Gasteiger charge is 2.09. The van der Waals surface area contributed by atoms with Gasteiger partial charge < -0.3 is 9.84 Å². The molecule has 0 saturated heterocycles. The van der Waals surface area contributed by atoms with E-state index >= 15 is 0 Å². The van der Waals surface area contributed by atoms with Crippen molar-refractivity contribution in [1.82, 2.24) is 0 Å². The zero-order valence-corrected chi connectivity index (χ0v) is 8.37. The number of ether oxygens (including phenoxy) is 1. The summed E-state index contributed by atoms with van der Waals surface area (Å²) in [5.74, 6) is 0.997. The standard InChI is InChI=1S/C11H16O2/c1-8-4-5-10(9(2)7-12)11(6-8)13-3/h4-6,9,12H,7H2,1-3H3/t9-/m1/s1. The molecule has 1 aromatic carbocycles. The summed E-state index contributed by atoms with van der Waals surface area (Å²) in [5, 5.41) is 9.02. The van der Waals surface area contributed by atoms with Crippen LogP contribution in [0.15, 0.2) is 18.2 Å². The number of rotatable bonds is 3. The van der Waals surface area contributed by atoms with E-state index in [1.165, 1.54) is 5.56 Å². The second-order valence-corrected chi connectivity index (χ2v) is 3.33. The molecule has 2 nitrogen and oxygen atoms in total. The van der Waals surface area contributed by atoms with Crippen LogP contribution in [0.3, 0.4) is 0 Å². The van der Waals surface area contributed by atoms with Gasteiger partial charge in [0, 0.05) is 12.5 Å². The fraction of sp³-hybridized carbons (Fsp3) is 0.455. The van der Waals surface area contributed by atoms with Crippen molar-refractivity contribution in [1.29, 1.82) is 0 Å². The van der Waals surface area contributed by atoms with Gasteiger partial charge in [-0.25, -0.2) is 0 Å². The summed E-state index contributed by atoms with van der Waals surface area (Å²) in [4.78, 5) is 0. The molecule has 0 aliphatic carbocycles. The summed E-state index contributed by atoms with van der Waals surface area (Å²) in [6.07, 6.45) is 0. The Morgan fingerprint density at radius 3 is 2.69 bits per heavy atom. The number of hydrogen-bond acceptors (Lipinski definition) is 2. The van der Waals surface area contributed by atoms with E-state index in [0.717, 1.165) is 11.3 Å². The van der Waals surface area contributed by atoms with Crippen molar-refractivity contribution in [2.24, 2.45) is 0 Å². The summed E-state index contributed by atoms with van der Waals surface area (Å²) in [7, 11) is 1.66. The first kappa shape index (κ1) is 10.1. The van der Waals surface area contributed by atoms with Crippen molar-refractivity contribution in [2.45, 2.75) is 19.8 Å². The molecule has 0 radical (unpaired) electrons. The van der Waals surface area contributed by atoms with Gasteiger partial charge in [0.2, 0.25) is 0 Å². The first-order valence-electron chi connectivity index (χ1n) is 4.44. The molecule has 1 aromatic rings. The van der Waals surface area contributed by atoms with Gasteiger partial charge in [-0.3, -0.25) is 0 Å². The van der Waals surface area contributed by atoms with Gasteiger partial charge in [0.25, 0.3) is 0 Å². The molecular weight excluding hydrogens is 164 g/mol. The average Bonchev–Trinajstić information content (AvgIpc) is 2.16. The van der Waals surface area contributed by atoms with Crippen LogP contribution in [0, 0.1) is 6.92 Å². The van der Waals surface area contributed by atoms with Crippen LogP contribution in [0.1, 0.15) is 24.0 Å². The van der Waals surface area contributed by atoms with Crippen LogP contribution < -0.4 is 4.74 Å². The van der Waals surface area contributed by atoms with Crippen LogP contribution in [-0.2, 0) is 0 Å². The molecule has 0 heterocycles. The monoisotopic (exact) mass is 180 g/mol. The van der Waals surface area contributed by atoms with Gasteiger partial charge in [0.1, 0.15) is 5.75 Å². The smallest absolute Gasteiger partial charge is 0.122 e. The Kier molecular flexibility index (Phi) is 3.32. The summed E-state index contributed by atoms with van der Waals surface area (Å²) in [6, 6.07) is 6.03. The SMILES string of the molecule is COc1cc(C)ccc1[C@H](C)CO. The Bertz CT molecular complexity index is 281. The second-order valence-electron chi connectivity index (χ2n) is 3.33. The Morgan fingerprint density at radius 1 is 1.46 bits per heavy atom. The Hall–Kier alpha value is -1.02. The molecule has 1 N–H and O–H groups in total. The van der Waals surface area contributed by atoms with Gasteiger partial charge >= 0.3 is 0 Å². The molecule has 0 unspecified atom stereocenters. The maximum atomic E-state index is 9.02. The maximum absolute atomic E-state index is 9.02. The third-order valence-electron chi connectivity index (χ3n) is 2.19. The van der Waals surface area contributed by atoms with Crippen LogP contribution >= 0.6 is 0 Å². The maximum Gasteiger partial charge on any atom is 0.122 e. The van der Waals surface area contributed by atoms with Crippen LogP contribution in [-0.4, -0.2) is 18.8 Å². The lowest BCUT2D eigenvalue weighted by atomic mass is 10.00. The minimum Gasteiger partial charge on any atom is -0.496 e. The van der Waals surface area contributed by atoms with E-state index in [1.54, 1.807) is 7.11 Å². The van der Waals surface area contributed by atoms with Crippen LogP contribution in [0.4, 0.5) is 0 Å². The molecular formula is C11H16O2.